The van der Waals surface area contributed by atoms with Gasteiger partial charge in [-0.1, -0.05) is 12.1 Å². The first-order valence-corrected chi connectivity index (χ1v) is 10.5. The maximum Gasteiger partial charge on any atom is 0.265 e. The number of hydrogen-bond acceptors (Lipinski definition) is 4. The van der Waals surface area contributed by atoms with Crippen molar-refractivity contribution in [2.75, 3.05) is 31.5 Å². The zero-order valence-electron chi connectivity index (χ0n) is 15.4. The van der Waals surface area contributed by atoms with Crippen LogP contribution in [0.1, 0.15) is 45.7 Å². The highest BCUT2D eigenvalue weighted by Gasteiger charge is 2.36. The predicted octanol–water partition coefficient (Wildman–Crippen LogP) is 3.61. The van der Waals surface area contributed by atoms with E-state index in [1.165, 1.54) is 24.2 Å². The van der Waals surface area contributed by atoms with Gasteiger partial charge in [0.2, 0.25) is 0 Å². The fourth-order valence-corrected chi connectivity index (χ4v) is 4.77. The van der Waals surface area contributed by atoms with Gasteiger partial charge in [-0.05, 0) is 73.8 Å². The van der Waals surface area contributed by atoms with Crippen LogP contribution in [0.5, 0.6) is 0 Å². The fraction of sp³-hybridized carbons (Fsp3) is 0.429. The van der Waals surface area contributed by atoms with Crippen molar-refractivity contribution in [3.63, 3.8) is 0 Å². The van der Waals surface area contributed by atoms with E-state index in [2.05, 4.69) is 10.6 Å². The summed E-state index contributed by atoms with van der Waals surface area (Å²) >= 11 is 1.40. The number of benzene rings is 1. The van der Waals surface area contributed by atoms with Crippen LogP contribution in [-0.2, 0) is 0 Å². The number of carbonyl (C=O) groups excluding carboxylic acids is 2. The summed E-state index contributed by atoms with van der Waals surface area (Å²) in [4.78, 5) is 27.8. The number of anilines is 1. The Labute approximate surface area is 163 Å². The number of nitrogens with zero attached hydrogens (tertiary/aromatic N) is 1. The fourth-order valence-electron chi connectivity index (χ4n) is 4.15. The van der Waals surface area contributed by atoms with Gasteiger partial charge in [0.1, 0.15) is 0 Å². The lowest BCUT2D eigenvalue weighted by Gasteiger charge is -2.44. The van der Waals surface area contributed by atoms with Crippen molar-refractivity contribution in [1.29, 1.82) is 0 Å². The Morgan fingerprint density at radius 3 is 2.52 bits per heavy atom. The zero-order chi connectivity index (χ0) is 18.7. The summed E-state index contributed by atoms with van der Waals surface area (Å²) in [5.41, 5.74) is 1.73. The van der Waals surface area contributed by atoms with E-state index in [1.54, 1.807) is 12.1 Å². The predicted molar refractivity (Wildman–Crippen MR) is 108 cm³/mol. The molecule has 2 aromatic rings. The van der Waals surface area contributed by atoms with Gasteiger partial charge < -0.3 is 15.5 Å². The van der Waals surface area contributed by atoms with Crippen LogP contribution in [0.15, 0.2) is 41.8 Å². The SMILES string of the molecule is O=C(Nc1cccc(C(=O)N2CCC3(CCNCC3)CC2)c1)c1cccs1. The molecule has 27 heavy (non-hydrogen) atoms. The highest BCUT2D eigenvalue weighted by Crippen LogP contribution is 2.39. The summed E-state index contributed by atoms with van der Waals surface area (Å²) in [6, 6.07) is 10.9. The minimum absolute atomic E-state index is 0.0611. The van der Waals surface area contributed by atoms with Gasteiger partial charge in [0, 0.05) is 24.3 Å². The number of likely N-dealkylation sites (tertiary alicyclic amines) is 1. The number of carbonyl (C=O) groups is 2. The molecular formula is C21H25N3O2S. The molecule has 2 aliphatic rings. The van der Waals surface area contributed by atoms with E-state index in [9.17, 15) is 9.59 Å². The number of nitrogens with one attached hydrogen (secondary N) is 2. The van der Waals surface area contributed by atoms with E-state index in [-0.39, 0.29) is 11.8 Å². The maximum absolute atomic E-state index is 12.9. The van der Waals surface area contributed by atoms with E-state index >= 15 is 0 Å². The van der Waals surface area contributed by atoms with Crippen molar-refractivity contribution >= 4 is 28.8 Å². The molecule has 142 valence electrons. The Morgan fingerprint density at radius 2 is 1.81 bits per heavy atom. The molecule has 2 fully saturated rings. The maximum atomic E-state index is 12.9. The Morgan fingerprint density at radius 1 is 1.04 bits per heavy atom. The van der Waals surface area contributed by atoms with E-state index in [4.69, 9.17) is 0 Å². The van der Waals surface area contributed by atoms with Gasteiger partial charge in [0.15, 0.2) is 0 Å². The lowest BCUT2D eigenvalue weighted by Crippen LogP contribution is -2.47. The van der Waals surface area contributed by atoms with Crippen molar-refractivity contribution < 1.29 is 9.59 Å². The van der Waals surface area contributed by atoms with Gasteiger partial charge in [-0.25, -0.2) is 0 Å². The van der Waals surface area contributed by atoms with Crippen LogP contribution in [0.2, 0.25) is 0 Å². The second-order valence-electron chi connectivity index (χ2n) is 7.55. The van der Waals surface area contributed by atoms with Crippen LogP contribution in [0.3, 0.4) is 0 Å². The molecule has 1 aromatic carbocycles. The number of piperidine rings is 2. The van der Waals surface area contributed by atoms with Crippen molar-refractivity contribution in [3.05, 3.63) is 52.2 Å². The number of amides is 2. The van der Waals surface area contributed by atoms with Crippen molar-refractivity contribution in [1.82, 2.24) is 10.2 Å². The molecule has 2 aliphatic heterocycles. The molecule has 2 saturated heterocycles. The molecule has 3 heterocycles. The molecule has 5 nitrogen and oxygen atoms in total. The highest BCUT2D eigenvalue weighted by atomic mass is 32.1. The van der Waals surface area contributed by atoms with Crippen LogP contribution in [0, 0.1) is 5.41 Å². The smallest absolute Gasteiger partial charge is 0.265 e. The monoisotopic (exact) mass is 383 g/mol. The third-order valence-corrected chi connectivity index (χ3v) is 6.76. The molecule has 2 amide bonds. The Bertz CT molecular complexity index is 803. The van der Waals surface area contributed by atoms with Crippen LogP contribution >= 0.6 is 11.3 Å². The third kappa shape index (κ3) is 4.06. The lowest BCUT2D eigenvalue weighted by atomic mass is 9.71. The summed E-state index contributed by atoms with van der Waals surface area (Å²) in [6.45, 7) is 3.84. The first kappa shape index (κ1) is 18.2. The van der Waals surface area contributed by atoms with Crippen molar-refractivity contribution in [2.24, 2.45) is 5.41 Å². The minimum Gasteiger partial charge on any atom is -0.339 e. The molecule has 4 rings (SSSR count). The highest BCUT2D eigenvalue weighted by molar-refractivity contribution is 7.12. The second kappa shape index (κ2) is 7.82. The first-order chi connectivity index (χ1) is 13.2. The summed E-state index contributed by atoms with van der Waals surface area (Å²) in [7, 11) is 0. The van der Waals surface area contributed by atoms with Crippen molar-refractivity contribution in [2.45, 2.75) is 25.7 Å². The third-order valence-electron chi connectivity index (χ3n) is 5.89. The molecule has 0 saturated carbocycles. The average Bonchev–Trinajstić information content (AvgIpc) is 3.24. The number of hydrogen-bond donors (Lipinski definition) is 2. The molecular weight excluding hydrogens is 358 g/mol. The minimum atomic E-state index is -0.138. The number of rotatable bonds is 3. The van der Waals surface area contributed by atoms with Crippen LogP contribution < -0.4 is 10.6 Å². The molecule has 1 aromatic heterocycles. The Balaban J connectivity index is 1.40. The summed E-state index contributed by atoms with van der Waals surface area (Å²) in [6.07, 6.45) is 4.63. The normalized spacial score (nSPS) is 19.0. The van der Waals surface area contributed by atoms with E-state index in [0.717, 1.165) is 39.0 Å². The molecule has 2 N–H and O–H groups in total. The first-order valence-electron chi connectivity index (χ1n) is 9.60. The van der Waals surface area contributed by atoms with Gasteiger partial charge in [-0.15, -0.1) is 11.3 Å². The van der Waals surface area contributed by atoms with Crippen LogP contribution in [0.4, 0.5) is 5.69 Å². The van der Waals surface area contributed by atoms with Gasteiger partial charge in [-0.2, -0.15) is 0 Å². The summed E-state index contributed by atoms with van der Waals surface area (Å²) in [5.74, 6) is -0.0774. The second-order valence-corrected chi connectivity index (χ2v) is 8.50. The van der Waals surface area contributed by atoms with E-state index in [0.29, 0.717) is 21.5 Å². The van der Waals surface area contributed by atoms with Crippen LogP contribution in [-0.4, -0.2) is 42.9 Å². The van der Waals surface area contributed by atoms with Gasteiger partial charge in [0.25, 0.3) is 11.8 Å². The van der Waals surface area contributed by atoms with E-state index < -0.39 is 0 Å². The lowest BCUT2D eigenvalue weighted by molar-refractivity contribution is 0.0495. The molecule has 1 spiro atoms. The molecule has 0 unspecified atom stereocenters. The molecule has 0 atom stereocenters. The Kier molecular flexibility index (Phi) is 5.27. The van der Waals surface area contributed by atoms with Gasteiger partial charge in [0.05, 0.1) is 4.88 Å². The molecule has 0 aliphatic carbocycles. The summed E-state index contributed by atoms with van der Waals surface area (Å²) in [5, 5.41) is 8.19. The largest absolute Gasteiger partial charge is 0.339 e. The zero-order valence-corrected chi connectivity index (χ0v) is 16.2. The Hall–Kier alpha value is -2.18. The summed E-state index contributed by atoms with van der Waals surface area (Å²) < 4.78 is 0. The standard InChI is InChI=1S/C21H25N3O2S/c25-19(18-5-2-14-27-18)23-17-4-1-3-16(15-17)20(26)24-12-8-21(9-13-24)6-10-22-11-7-21/h1-5,14-15,22H,6-13H2,(H,23,25). The quantitative estimate of drug-likeness (QED) is 0.851. The number of thiophene rings is 1. The molecule has 6 heteroatoms. The molecule has 0 radical (unpaired) electrons. The van der Waals surface area contributed by atoms with Gasteiger partial charge >= 0.3 is 0 Å². The van der Waals surface area contributed by atoms with Gasteiger partial charge in [-0.3, -0.25) is 9.59 Å². The van der Waals surface area contributed by atoms with Crippen molar-refractivity contribution in [3.8, 4) is 0 Å². The van der Waals surface area contributed by atoms with Crippen LogP contribution in [0.25, 0.3) is 0 Å². The van der Waals surface area contributed by atoms with E-state index in [1.807, 2.05) is 34.5 Å². The molecule has 0 bridgehead atoms. The average molecular weight is 384 g/mol. The topological polar surface area (TPSA) is 61.4 Å².